The number of nitrogens with zero attached hydrogens (tertiary/aromatic N) is 1. The molecule has 3 aromatic carbocycles. The number of ether oxygens (including phenoxy) is 2. The summed E-state index contributed by atoms with van der Waals surface area (Å²) in [6, 6.07) is 19.6. The van der Waals surface area contributed by atoms with Crippen LogP contribution in [0.1, 0.15) is 105 Å². The molecule has 2 atom stereocenters. The molecular formula is C37H50N2O3. The highest BCUT2D eigenvalue weighted by atomic mass is 16.7. The minimum atomic E-state index is 0.0465. The summed E-state index contributed by atoms with van der Waals surface area (Å²) in [5.74, 6) is 2.04. The smallest absolute Gasteiger partial charge is 0.238 e. The van der Waals surface area contributed by atoms with Crippen molar-refractivity contribution in [1.82, 2.24) is 4.90 Å². The van der Waals surface area contributed by atoms with Crippen LogP contribution in [-0.2, 0) is 17.6 Å². The number of anilines is 1. The maximum atomic E-state index is 13.4. The van der Waals surface area contributed by atoms with Crippen LogP contribution in [0.15, 0.2) is 54.6 Å². The van der Waals surface area contributed by atoms with Gasteiger partial charge in [-0.2, -0.15) is 0 Å². The van der Waals surface area contributed by atoms with Crippen LogP contribution in [0.25, 0.3) is 0 Å². The van der Waals surface area contributed by atoms with E-state index in [2.05, 4.69) is 106 Å². The lowest BCUT2D eigenvalue weighted by atomic mass is 9.92. The van der Waals surface area contributed by atoms with Crippen molar-refractivity contribution >= 4 is 11.6 Å². The Labute approximate surface area is 253 Å². The highest BCUT2D eigenvalue weighted by Gasteiger charge is 2.36. The number of amides is 1. The van der Waals surface area contributed by atoms with Crippen molar-refractivity contribution in [2.45, 2.75) is 98.4 Å². The summed E-state index contributed by atoms with van der Waals surface area (Å²) in [6.07, 6.45) is 8.28. The second kappa shape index (κ2) is 15.2. The van der Waals surface area contributed by atoms with Crippen LogP contribution in [0, 0.1) is 13.8 Å². The van der Waals surface area contributed by atoms with Gasteiger partial charge in [0, 0.05) is 18.3 Å². The number of rotatable bonds is 10. The molecule has 0 saturated carbocycles. The molecule has 2 aliphatic rings. The first-order chi connectivity index (χ1) is 20.4. The van der Waals surface area contributed by atoms with E-state index in [0.717, 1.165) is 48.6 Å². The van der Waals surface area contributed by atoms with Crippen LogP contribution in [0.5, 0.6) is 11.5 Å². The third kappa shape index (κ3) is 7.74. The van der Waals surface area contributed by atoms with E-state index in [0.29, 0.717) is 12.5 Å². The largest absolute Gasteiger partial charge is 0.454 e. The van der Waals surface area contributed by atoms with E-state index in [1.807, 2.05) is 0 Å². The number of para-hydroxylation sites is 1. The Balaban J connectivity index is 0.000000612. The minimum Gasteiger partial charge on any atom is -0.454 e. The van der Waals surface area contributed by atoms with Gasteiger partial charge >= 0.3 is 0 Å². The molecule has 0 radical (unpaired) electrons. The Morgan fingerprint density at radius 2 is 1.55 bits per heavy atom. The number of benzene rings is 3. The standard InChI is InChI=1S/C31H36N2O3.C6H14/c1-5-22-8-7-9-23(6-2)30(22)32-29(34)18-33-17-26(15-27(33)24-12-10-20(3)11-13-24)25-14-21(4)31-28(16-25)35-19-36-31;1-3-5-6-4-2/h7-14,16,26-27H,5-6,15,17-19H2,1-4H3,(H,32,34);3-6H2,1-2H3/t26?,27-;/m1./s1. The van der Waals surface area contributed by atoms with E-state index < -0.39 is 0 Å². The molecular weight excluding hydrogens is 520 g/mol. The number of hydrogen-bond donors (Lipinski definition) is 1. The average molecular weight is 571 g/mol. The van der Waals surface area contributed by atoms with Crippen molar-refractivity contribution in [1.29, 1.82) is 0 Å². The number of nitrogens with one attached hydrogen (secondary N) is 1. The first-order valence-electron chi connectivity index (χ1n) is 16.0. The SMILES string of the molecule is CCCCCC.CCc1cccc(CC)c1NC(=O)CN1CC(c2cc(C)c3c(c2)OCO3)C[C@@H]1c1ccc(C)cc1. The van der Waals surface area contributed by atoms with Crippen LogP contribution in [0.4, 0.5) is 5.69 Å². The van der Waals surface area contributed by atoms with E-state index in [9.17, 15) is 4.79 Å². The average Bonchev–Trinajstić information content (AvgIpc) is 3.64. The molecule has 1 fully saturated rings. The van der Waals surface area contributed by atoms with E-state index in [1.54, 1.807) is 0 Å². The lowest BCUT2D eigenvalue weighted by molar-refractivity contribution is -0.117. The predicted molar refractivity (Wildman–Crippen MR) is 174 cm³/mol. The number of hydrogen-bond acceptors (Lipinski definition) is 4. The summed E-state index contributed by atoms with van der Waals surface area (Å²) in [7, 11) is 0. The van der Waals surface area contributed by atoms with E-state index >= 15 is 0 Å². The van der Waals surface area contributed by atoms with Crippen molar-refractivity contribution in [2.24, 2.45) is 0 Å². The van der Waals surface area contributed by atoms with Crippen LogP contribution < -0.4 is 14.8 Å². The van der Waals surface area contributed by atoms with Crippen molar-refractivity contribution in [3.8, 4) is 11.5 Å². The highest BCUT2D eigenvalue weighted by Crippen LogP contribution is 2.44. The fraction of sp³-hybridized carbons (Fsp3) is 0.486. The molecule has 0 aromatic heterocycles. The van der Waals surface area contributed by atoms with Gasteiger partial charge in [-0.15, -0.1) is 0 Å². The summed E-state index contributed by atoms with van der Waals surface area (Å²) < 4.78 is 11.3. The minimum absolute atomic E-state index is 0.0465. The second-order valence-corrected chi connectivity index (χ2v) is 11.8. The fourth-order valence-corrected chi connectivity index (χ4v) is 6.17. The number of aryl methyl sites for hydroxylation is 4. The van der Waals surface area contributed by atoms with Gasteiger partial charge in [0.25, 0.3) is 0 Å². The Hall–Kier alpha value is -3.31. The van der Waals surface area contributed by atoms with Gasteiger partial charge in [-0.25, -0.2) is 0 Å². The maximum absolute atomic E-state index is 13.4. The van der Waals surface area contributed by atoms with Crippen LogP contribution >= 0.6 is 0 Å². The van der Waals surface area contributed by atoms with Crippen molar-refractivity contribution in [3.05, 3.63) is 88.0 Å². The predicted octanol–water partition coefficient (Wildman–Crippen LogP) is 8.91. The van der Waals surface area contributed by atoms with Gasteiger partial charge in [0.05, 0.1) is 6.54 Å². The Morgan fingerprint density at radius 3 is 2.17 bits per heavy atom. The molecule has 5 rings (SSSR count). The van der Waals surface area contributed by atoms with Crippen molar-refractivity contribution in [3.63, 3.8) is 0 Å². The van der Waals surface area contributed by atoms with Crippen LogP contribution in [0.3, 0.4) is 0 Å². The number of fused-ring (bicyclic) bond motifs is 1. The summed E-state index contributed by atoms with van der Waals surface area (Å²) >= 11 is 0. The molecule has 0 aliphatic carbocycles. The summed E-state index contributed by atoms with van der Waals surface area (Å²) in [4.78, 5) is 15.7. The monoisotopic (exact) mass is 570 g/mol. The third-order valence-corrected chi connectivity index (χ3v) is 8.58. The molecule has 0 bridgehead atoms. The van der Waals surface area contributed by atoms with Crippen LogP contribution in [-0.4, -0.2) is 30.7 Å². The summed E-state index contributed by atoms with van der Waals surface area (Å²) in [5.41, 5.74) is 8.22. The molecule has 226 valence electrons. The van der Waals surface area contributed by atoms with Gasteiger partial charge in [-0.3, -0.25) is 9.69 Å². The lowest BCUT2D eigenvalue weighted by Gasteiger charge is -2.25. The molecule has 0 spiro atoms. The van der Waals surface area contributed by atoms with Crippen molar-refractivity contribution < 1.29 is 14.3 Å². The van der Waals surface area contributed by atoms with Gasteiger partial charge in [0.1, 0.15) is 0 Å². The Kier molecular flexibility index (Phi) is 11.5. The van der Waals surface area contributed by atoms with Gasteiger partial charge < -0.3 is 14.8 Å². The summed E-state index contributed by atoms with van der Waals surface area (Å²) in [6.45, 7) is 14.4. The topological polar surface area (TPSA) is 50.8 Å². The number of carbonyl (C=O) groups is 1. The Morgan fingerprint density at radius 1 is 0.881 bits per heavy atom. The van der Waals surface area contributed by atoms with Gasteiger partial charge in [0.2, 0.25) is 12.7 Å². The van der Waals surface area contributed by atoms with Crippen LogP contribution in [0.2, 0.25) is 0 Å². The first kappa shape index (κ1) is 31.6. The zero-order chi connectivity index (χ0) is 30.1. The summed E-state index contributed by atoms with van der Waals surface area (Å²) in [5, 5.41) is 3.27. The van der Waals surface area contributed by atoms with E-state index in [-0.39, 0.29) is 18.7 Å². The quantitative estimate of drug-likeness (QED) is 0.247. The molecule has 2 aliphatic heterocycles. The van der Waals surface area contributed by atoms with E-state index in [4.69, 9.17) is 9.47 Å². The molecule has 1 N–H and O–H groups in total. The highest BCUT2D eigenvalue weighted by molar-refractivity contribution is 5.94. The Bertz CT molecular complexity index is 1290. The van der Waals surface area contributed by atoms with Gasteiger partial charge in [-0.05, 0) is 72.9 Å². The number of unbranched alkanes of at least 4 members (excludes halogenated alkanes) is 3. The fourth-order valence-electron chi connectivity index (χ4n) is 6.17. The molecule has 1 saturated heterocycles. The second-order valence-electron chi connectivity index (χ2n) is 11.8. The number of carbonyl (C=O) groups excluding carboxylic acids is 1. The van der Waals surface area contributed by atoms with E-state index in [1.165, 1.54) is 53.5 Å². The zero-order valence-electron chi connectivity index (χ0n) is 26.6. The molecule has 1 unspecified atom stereocenters. The zero-order valence-corrected chi connectivity index (χ0v) is 26.6. The molecule has 2 heterocycles. The molecule has 5 heteroatoms. The maximum Gasteiger partial charge on any atom is 0.238 e. The van der Waals surface area contributed by atoms with Crippen molar-refractivity contribution in [2.75, 3.05) is 25.2 Å². The molecule has 3 aromatic rings. The molecule has 42 heavy (non-hydrogen) atoms. The lowest BCUT2D eigenvalue weighted by Crippen LogP contribution is -2.33. The number of likely N-dealkylation sites (tertiary alicyclic amines) is 1. The molecule has 5 nitrogen and oxygen atoms in total. The van der Waals surface area contributed by atoms with Gasteiger partial charge in [-0.1, -0.05) is 107 Å². The first-order valence-corrected chi connectivity index (χ1v) is 16.0. The normalized spacial score (nSPS) is 17.6. The van der Waals surface area contributed by atoms with Gasteiger partial charge in [0.15, 0.2) is 11.5 Å². The third-order valence-electron chi connectivity index (χ3n) is 8.58. The molecule has 1 amide bonds.